The maximum absolute atomic E-state index is 13.2. The molecular formula is C19H27N3O9. The number of carbonyl (C=O) groups is 3. The molecule has 3 heterocycles. The summed E-state index contributed by atoms with van der Waals surface area (Å²) in [5.74, 6) is -1.28. The lowest BCUT2D eigenvalue weighted by Crippen LogP contribution is -2.54. The molecule has 0 saturated carbocycles. The van der Waals surface area contributed by atoms with Crippen LogP contribution in [0.1, 0.15) is 6.92 Å². The van der Waals surface area contributed by atoms with E-state index < -0.39 is 17.7 Å². The average molecular weight is 441 g/mol. The summed E-state index contributed by atoms with van der Waals surface area (Å²) in [6.45, 7) is 2.18. The van der Waals surface area contributed by atoms with Crippen LogP contribution < -0.4 is 11.1 Å². The Morgan fingerprint density at radius 1 is 1.26 bits per heavy atom. The number of nitrogens with two attached hydrogens (primary N) is 1. The minimum atomic E-state index is -1.33. The van der Waals surface area contributed by atoms with Gasteiger partial charge in [0.1, 0.15) is 6.61 Å². The minimum Gasteiger partial charge on any atom is -0.487 e. The molecule has 31 heavy (non-hydrogen) atoms. The number of carbonyl (C=O) groups excluding carboxylic acids is 2. The number of ketones is 2. The maximum Gasteiger partial charge on any atom is 0.402 e. The Bertz CT molecular complexity index is 835. The number of ether oxygens (including phenoxy) is 3. The zero-order valence-corrected chi connectivity index (χ0v) is 17.3. The van der Waals surface area contributed by atoms with Gasteiger partial charge >= 0.3 is 6.09 Å². The number of fused-ring (bicyclic) bond motifs is 4. The van der Waals surface area contributed by atoms with Crippen molar-refractivity contribution < 1.29 is 43.9 Å². The Balaban J connectivity index is 0.000000628. The lowest BCUT2D eigenvalue weighted by Gasteiger charge is -2.39. The lowest BCUT2D eigenvalue weighted by atomic mass is 9.83. The smallest absolute Gasteiger partial charge is 0.402 e. The fourth-order valence-corrected chi connectivity index (χ4v) is 4.66. The Hall–Kier alpha value is -2.51. The van der Waals surface area contributed by atoms with Gasteiger partial charge in [-0.3, -0.25) is 9.59 Å². The molecule has 4 aliphatic rings. The Morgan fingerprint density at radius 2 is 1.94 bits per heavy atom. The zero-order chi connectivity index (χ0) is 22.9. The van der Waals surface area contributed by atoms with Gasteiger partial charge in [-0.25, -0.2) is 4.79 Å². The summed E-state index contributed by atoms with van der Waals surface area (Å²) in [6.07, 6.45) is -1.33. The van der Waals surface area contributed by atoms with Gasteiger partial charge in [0.25, 0.3) is 0 Å². The second-order valence-electron chi connectivity index (χ2n) is 7.45. The standard InChI is InChI=1S/C18H24N2O7.CH3NO2/c1-9-14(23)13-12(15(24)16(9)27-6-5-26-4-3-21)10(8-22)18(25-2)17-11(19-17)7-20(13)18;2-1(3)4/h10-11,17,19,21-22H,3-8H2,1-2H3;2H2,(H,3,4). The number of aliphatic hydroxyl groups is 2. The first kappa shape index (κ1) is 23.2. The van der Waals surface area contributed by atoms with Gasteiger partial charge in [-0.15, -0.1) is 0 Å². The fourth-order valence-electron chi connectivity index (χ4n) is 4.66. The van der Waals surface area contributed by atoms with Crippen LogP contribution in [0.15, 0.2) is 22.6 Å². The SMILES string of the molecule is COC12C(CO)C3=C(C(=O)C(C)=C(OCCOCCO)C3=O)N1CC1NC12.NC(=O)O. The highest BCUT2D eigenvalue weighted by atomic mass is 16.5. The van der Waals surface area contributed by atoms with Gasteiger partial charge < -0.3 is 45.5 Å². The van der Waals surface area contributed by atoms with Crippen molar-refractivity contribution in [3.05, 3.63) is 22.6 Å². The number of aliphatic hydroxyl groups excluding tert-OH is 2. The monoisotopic (exact) mass is 441 g/mol. The second kappa shape index (κ2) is 8.93. The molecule has 4 unspecified atom stereocenters. The molecule has 0 spiro atoms. The number of hydrogen-bond acceptors (Lipinski definition) is 10. The van der Waals surface area contributed by atoms with E-state index in [1.165, 1.54) is 0 Å². The first-order valence-corrected chi connectivity index (χ1v) is 9.80. The summed E-state index contributed by atoms with van der Waals surface area (Å²) in [6, 6.07) is 0.170. The van der Waals surface area contributed by atoms with E-state index in [0.717, 1.165) is 0 Å². The van der Waals surface area contributed by atoms with Gasteiger partial charge in [0.15, 0.2) is 11.5 Å². The summed E-state index contributed by atoms with van der Waals surface area (Å²) < 4.78 is 16.5. The minimum absolute atomic E-state index is 0.00229. The molecule has 0 aromatic carbocycles. The summed E-state index contributed by atoms with van der Waals surface area (Å²) in [5, 5.41) is 29.3. The van der Waals surface area contributed by atoms with Crippen molar-refractivity contribution in [1.82, 2.24) is 10.2 Å². The molecule has 3 aliphatic heterocycles. The highest BCUT2D eigenvalue weighted by Gasteiger charge is 2.72. The third-order valence-corrected chi connectivity index (χ3v) is 5.87. The van der Waals surface area contributed by atoms with Crippen LogP contribution in [0.25, 0.3) is 0 Å². The van der Waals surface area contributed by atoms with Crippen molar-refractivity contribution in [3.8, 4) is 0 Å². The van der Waals surface area contributed by atoms with Crippen molar-refractivity contribution in [2.24, 2.45) is 11.7 Å². The Kier molecular flexibility index (Phi) is 6.67. The summed E-state index contributed by atoms with van der Waals surface area (Å²) in [5.41, 5.74) is 3.96. The molecule has 0 aromatic heterocycles. The number of carboxylic acid groups (broad SMARTS) is 1. The molecular weight excluding hydrogens is 414 g/mol. The topological polar surface area (TPSA) is 191 Å². The van der Waals surface area contributed by atoms with Crippen LogP contribution in [0.3, 0.4) is 0 Å². The van der Waals surface area contributed by atoms with E-state index in [0.29, 0.717) is 12.2 Å². The van der Waals surface area contributed by atoms with E-state index in [2.05, 4.69) is 11.1 Å². The van der Waals surface area contributed by atoms with Crippen molar-refractivity contribution in [1.29, 1.82) is 0 Å². The number of rotatable bonds is 8. The quantitative estimate of drug-likeness (QED) is 0.158. The Morgan fingerprint density at radius 3 is 2.52 bits per heavy atom. The van der Waals surface area contributed by atoms with E-state index in [1.807, 2.05) is 4.90 Å². The van der Waals surface area contributed by atoms with Crippen LogP contribution in [-0.4, -0.2) is 102 Å². The predicted molar refractivity (Wildman–Crippen MR) is 104 cm³/mol. The normalized spacial score (nSPS) is 30.6. The number of nitrogens with zero attached hydrogens (tertiary/aromatic N) is 1. The van der Waals surface area contributed by atoms with Crippen LogP contribution in [-0.2, 0) is 23.8 Å². The molecule has 0 bridgehead atoms. The number of Topliss-reactive ketones (excluding diaryl/α,β-unsaturated/α-hetero) is 2. The third-order valence-electron chi connectivity index (χ3n) is 5.87. The van der Waals surface area contributed by atoms with E-state index in [1.54, 1.807) is 14.0 Å². The van der Waals surface area contributed by atoms with Gasteiger partial charge in [-0.2, -0.15) is 0 Å². The van der Waals surface area contributed by atoms with E-state index in [4.69, 9.17) is 29.2 Å². The van der Waals surface area contributed by atoms with Crippen LogP contribution in [0.4, 0.5) is 4.79 Å². The molecule has 1 amide bonds. The van der Waals surface area contributed by atoms with Gasteiger partial charge in [-0.1, -0.05) is 0 Å². The van der Waals surface area contributed by atoms with Crippen molar-refractivity contribution in [2.45, 2.75) is 24.7 Å². The van der Waals surface area contributed by atoms with Crippen LogP contribution in [0, 0.1) is 5.92 Å². The fraction of sp³-hybridized carbons (Fsp3) is 0.632. The molecule has 1 aliphatic carbocycles. The number of nitrogens with one attached hydrogen (secondary N) is 1. The number of amides is 1. The molecule has 0 radical (unpaired) electrons. The summed E-state index contributed by atoms with van der Waals surface area (Å²) in [7, 11) is 1.54. The predicted octanol–water partition coefficient (Wildman–Crippen LogP) is -2.06. The Labute approximate surface area is 178 Å². The molecule has 172 valence electrons. The van der Waals surface area contributed by atoms with Crippen molar-refractivity contribution in [3.63, 3.8) is 0 Å². The van der Waals surface area contributed by atoms with Crippen molar-refractivity contribution >= 4 is 17.7 Å². The molecule has 12 heteroatoms. The number of allylic oxidation sites excluding steroid dienone is 2. The molecule has 6 N–H and O–H groups in total. The zero-order valence-electron chi connectivity index (χ0n) is 17.3. The van der Waals surface area contributed by atoms with Crippen LogP contribution >= 0.6 is 0 Å². The van der Waals surface area contributed by atoms with Crippen LogP contribution in [0.2, 0.25) is 0 Å². The highest BCUT2D eigenvalue weighted by Crippen LogP contribution is 2.55. The molecule has 4 atom stereocenters. The number of hydrogen-bond donors (Lipinski definition) is 5. The lowest BCUT2D eigenvalue weighted by molar-refractivity contribution is -0.137. The summed E-state index contributed by atoms with van der Waals surface area (Å²) >= 11 is 0. The highest BCUT2D eigenvalue weighted by molar-refractivity contribution is 6.25. The molecule has 2 fully saturated rings. The molecule has 0 aromatic rings. The van der Waals surface area contributed by atoms with Crippen molar-refractivity contribution in [2.75, 3.05) is 46.7 Å². The molecule has 4 rings (SSSR count). The largest absolute Gasteiger partial charge is 0.487 e. The first-order chi connectivity index (χ1) is 14.8. The third kappa shape index (κ3) is 3.70. The molecule has 12 nitrogen and oxygen atoms in total. The van der Waals surface area contributed by atoms with E-state index in [-0.39, 0.29) is 73.6 Å². The average Bonchev–Trinajstić information content (AvgIpc) is 3.33. The number of primary amides is 1. The second-order valence-corrected chi connectivity index (χ2v) is 7.45. The van der Waals surface area contributed by atoms with Crippen LogP contribution in [0.5, 0.6) is 0 Å². The number of methoxy groups -OCH3 is 1. The van der Waals surface area contributed by atoms with E-state index >= 15 is 0 Å². The number of piperazine rings is 1. The maximum atomic E-state index is 13.2. The van der Waals surface area contributed by atoms with E-state index in [9.17, 15) is 14.7 Å². The first-order valence-electron chi connectivity index (χ1n) is 9.80. The van der Waals surface area contributed by atoms with Gasteiger partial charge in [-0.05, 0) is 6.92 Å². The van der Waals surface area contributed by atoms with Gasteiger partial charge in [0.05, 0.1) is 44.1 Å². The van der Waals surface area contributed by atoms with Gasteiger partial charge in [0.2, 0.25) is 11.6 Å². The van der Waals surface area contributed by atoms with Gasteiger partial charge in [0, 0.05) is 30.8 Å². The summed E-state index contributed by atoms with van der Waals surface area (Å²) in [4.78, 5) is 36.9. The molecule has 2 saturated heterocycles.